The summed E-state index contributed by atoms with van der Waals surface area (Å²) in [6.45, 7) is 4.15. The molecule has 0 radical (unpaired) electrons. The van der Waals surface area contributed by atoms with E-state index in [0.29, 0.717) is 32.6 Å². The van der Waals surface area contributed by atoms with E-state index in [2.05, 4.69) is 0 Å². The number of nitrogens with zero attached hydrogens (tertiary/aromatic N) is 2. The Kier molecular flexibility index (Phi) is 4.65. The van der Waals surface area contributed by atoms with Gasteiger partial charge in [0.15, 0.2) is 0 Å². The van der Waals surface area contributed by atoms with Crippen molar-refractivity contribution in [2.24, 2.45) is 0 Å². The zero-order valence-corrected chi connectivity index (χ0v) is 12.3. The van der Waals surface area contributed by atoms with Crippen LogP contribution in [0.15, 0.2) is 0 Å². The lowest BCUT2D eigenvalue weighted by molar-refractivity contribution is -0.147. The Labute approximate surface area is 119 Å². The van der Waals surface area contributed by atoms with Crippen LogP contribution in [0.4, 0.5) is 0 Å². The smallest absolute Gasteiger partial charge is 0.320 e. The predicted octanol–water partition coefficient (Wildman–Crippen LogP) is 0.563. The molecule has 2 rings (SSSR count). The predicted molar refractivity (Wildman–Crippen MR) is 73.5 cm³/mol. The van der Waals surface area contributed by atoms with Crippen LogP contribution in [0.25, 0.3) is 0 Å². The lowest BCUT2D eigenvalue weighted by Crippen LogP contribution is -2.54. The molecule has 1 saturated carbocycles. The quantitative estimate of drug-likeness (QED) is 0.799. The molecule has 1 aliphatic heterocycles. The lowest BCUT2D eigenvalue weighted by Gasteiger charge is -2.42. The number of carboxylic acids is 1. The number of hydrogen-bond acceptors (Lipinski definition) is 4. The summed E-state index contributed by atoms with van der Waals surface area (Å²) in [6, 6.07) is -0.482. The number of carbonyl (C=O) groups excluding carboxylic acids is 1. The molecular formula is C14H24N2O4. The van der Waals surface area contributed by atoms with Crippen molar-refractivity contribution < 1.29 is 19.4 Å². The Morgan fingerprint density at radius 1 is 1.25 bits per heavy atom. The van der Waals surface area contributed by atoms with Gasteiger partial charge in [-0.15, -0.1) is 0 Å². The summed E-state index contributed by atoms with van der Waals surface area (Å²) in [5.74, 6) is -0.674. The third-order valence-corrected chi connectivity index (χ3v) is 4.74. The van der Waals surface area contributed by atoms with Crippen molar-refractivity contribution in [3.63, 3.8) is 0 Å². The highest BCUT2D eigenvalue weighted by Crippen LogP contribution is 2.38. The van der Waals surface area contributed by atoms with E-state index in [-0.39, 0.29) is 11.5 Å². The van der Waals surface area contributed by atoms with E-state index in [1.807, 2.05) is 9.80 Å². The molecule has 1 atom stereocenters. The van der Waals surface area contributed by atoms with Crippen molar-refractivity contribution in [3.8, 4) is 0 Å². The first kappa shape index (κ1) is 15.3. The minimum absolute atomic E-state index is 0.133. The largest absolute Gasteiger partial charge is 0.480 e. The van der Waals surface area contributed by atoms with Gasteiger partial charge in [-0.25, -0.2) is 0 Å². The number of amides is 1. The average molecular weight is 284 g/mol. The van der Waals surface area contributed by atoms with Gasteiger partial charge in [0.25, 0.3) is 0 Å². The fourth-order valence-electron chi connectivity index (χ4n) is 2.93. The van der Waals surface area contributed by atoms with Crippen molar-refractivity contribution in [2.75, 3.05) is 33.3 Å². The SMILES string of the molecule is COC1(CC(=O)N2CCN(C(C)C(=O)O)CC2)CCC1. The number of carbonyl (C=O) groups is 2. The number of carboxylic acid groups (broad SMARTS) is 1. The van der Waals surface area contributed by atoms with E-state index in [9.17, 15) is 9.59 Å². The summed E-state index contributed by atoms with van der Waals surface area (Å²) >= 11 is 0. The molecule has 1 saturated heterocycles. The van der Waals surface area contributed by atoms with Crippen LogP contribution in [0.2, 0.25) is 0 Å². The number of methoxy groups -OCH3 is 1. The number of rotatable bonds is 5. The average Bonchev–Trinajstić information content (AvgIpc) is 2.42. The maximum atomic E-state index is 12.3. The highest BCUT2D eigenvalue weighted by Gasteiger charge is 2.40. The van der Waals surface area contributed by atoms with Crippen molar-refractivity contribution in [3.05, 3.63) is 0 Å². The molecule has 0 aromatic carbocycles. The summed E-state index contributed by atoms with van der Waals surface area (Å²) in [5, 5.41) is 8.99. The molecule has 1 aliphatic carbocycles. The van der Waals surface area contributed by atoms with E-state index in [1.165, 1.54) is 0 Å². The molecular weight excluding hydrogens is 260 g/mol. The zero-order chi connectivity index (χ0) is 14.8. The molecule has 1 heterocycles. The minimum atomic E-state index is -0.808. The standard InChI is InChI=1S/C14H24N2O4/c1-11(13(18)19)15-6-8-16(9-7-15)12(17)10-14(20-2)4-3-5-14/h11H,3-10H2,1-2H3,(H,18,19). The van der Waals surface area contributed by atoms with Crippen molar-refractivity contribution in [1.29, 1.82) is 0 Å². The highest BCUT2D eigenvalue weighted by atomic mass is 16.5. The van der Waals surface area contributed by atoms with Gasteiger partial charge < -0.3 is 14.7 Å². The second-order valence-corrected chi connectivity index (χ2v) is 5.85. The van der Waals surface area contributed by atoms with E-state index in [1.54, 1.807) is 14.0 Å². The summed E-state index contributed by atoms with van der Waals surface area (Å²) in [6.07, 6.45) is 3.51. The maximum absolute atomic E-state index is 12.3. The van der Waals surface area contributed by atoms with Gasteiger partial charge in [0.1, 0.15) is 6.04 Å². The summed E-state index contributed by atoms with van der Waals surface area (Å²) in [7, 11) is 1.68. The lowest BCUT2D eigenvalue weighted by atomic mass is 9.77. The molecule has 0 aromatic rings. The Balaban J connectivity index is 1.81. The first-order chi connectivity index (χ1) is 9.47. The topological polar surface area (TPSA) is 70.1 Å². The molecule has 0 bridgehead atoms. The fourth-order valence-corrected chi connectivity index (χ4v) is 2.93. The molecule has 1 N–H and O–H groups in total. The van der Waals surface area contributed by atoms with Gasteiger partial charge in [-0.2, -0.15) is 0 Å². The number of ether oxygens (including phenoxy) is 1. The third kappa shape index (κ3) is 3.12. The van der Waals surface area contributed by atoms with E-state index in [0.717, 1.165) is 19.3 Å². The van der Waals surface area contributed by atoms with Crippen LogP contribution in [0.1, 0.15) is 32.6 Å². The minimum Gasteiger partial charge on any atom is -0.480 e. The molecule has 114 valence electrons. The maximum Gasteiger partial charge on any atom is 0.320 e. The molecule has 2 fully saturated rings. The van der Waals surface area contributed by atoms with Crippen LogP contribution >= 0.6 is 0 Å². The van der Waals surface area contributed by atoms with Gasteiger partial charge in [0.05, 0.1) is 12.0 Å². The highest BCUT2D eigenvalue weighted by molar-refractivity contribution is 5.77. The van der Waals surface area contributed by atoms with Crippen LogP contribution in [0, 0.1) is 0 Å². The molecule has 1 unspecified atom stereocenters. The molecule has 0 aromatic heterocycles. The monoisotopic (exact) mass is 284 g/mol. The molecule has 20 heavy (non-hydrogen) atoms. The molecule has 6 nitrogen and oxygen atoms in total. The Bertz CT molecular complexity index is 368. The van der Waals surface area contributed by atoms with Crippen LogP contribution in [-0.4, -0.2) is 71.7 Å². The number of piperazine rings is 1. The Morgan fingerprint density at radius 3 is 2.25 bits per heavy atom. The van der Waals surface area contributed by atoms with Crippen molar-refractivity contribution in [2.45, 2.75) is 44.2 Å². The Hall–Kier alpha value is -1.14. The van der Waals surface area contributed by atoms with Gasteiger partial charge in [0, 0.05) is 33.3 Å². The van der Waals surface area contributed by atoms with Gasteiger partial charge >= 0.3 is 5.97 Å². The van der Waals surface area contributed by atoms with Crippen molar-refractivity contribution in [1.82, 2.24) is 9.80 Å². The number of hydrogen-bond donors (Lipinski definition) is 1. The van der Waals surface area contributed by atoms with Gasteiger partial charge in [-0.05, 0) is 26.2 Å². The zero-order valence-electron chi connectivity index (χ0n) is 12.3. The van der Waals surface area contributed by atoms with Gasteiger partial charge in [0.2, 0.25) is 5.91 Å². The normalized spacial score (nSPS) is 24.0. The molecule has 1 amide bonds. The van der Waals surface area contributed by atoms with Gasteiger partial charge in [-0.1, -0.05) is 0 Å². The van der Waals surface area contributed by atoms with E-state index < -0.39 is 12.0 Å². The second kappa shape index (κ2) is 6.10. The summed E-state index contributed by atoms with van der Waals surface area (Å²) in [4.78, 5) is 27.0. The molecule has 2 aliphatic rings. The van der Waals surface area contributed by atoms with Crippen molar-refractivity contribution >= 4 is 11.9 Å². The van der Waals surface area contributed by atoms with Crippen LogP contribution in [-0.2, 0) is 14.3 Å². The van der Waals surface area contributed by atoms with E-state index in [4.69, 9.17) is 9.84 Å². The Morgan fingerprint density at radius 2 is 1.85 bits per heavy atom. The van der Waals surface area contributed by atoms with E-state index >= 15 is 0 Å². The number of aliphatic carboxylic acids is 1. The first-order valence-corrected chi connectivity index (χ1v) is 7.27. The third-order valence-electron chi connectivity index (χ3n) is 4.74. The summed E-state index contributed by atoms with van der Waals surface area (Å²) in [5.41, 5.74) is -0.234. The van der Waals surface area contributed by atoms with Crippen LogP contribution < -0.4 is 0 Å². The second-order valence-electron chi connectivity index (χ2n) is 5.85. The molecule has 6 heteroatoms. The van der Waals surface area contributed by atoms with Crippen LogP contribution in [0.5, 0.6) is 0 Å². The fraction of sp³-hybridized carbons (Fsp3) is 0.857. The summed E-state index contributed by atoms with van der Waals surface area (Å²) < 4.78 is 5.49. The van der Waals surface area contributed by atoms with Crippen LogP contribution in [0.3, 0.4) is 0 Å². The van der Waals surface area contributed by atoms with Gasteiger partial charge in [-0.3, -0.25) is 14.5 Å². The molecule has 0 spiro atoms. The first-order valence-electron chi connectivity index (χ1n) is 7.27.